The second kappa shape index (κ2) is 8.79. The van der Waals surface area contributed by atoms with Gasteiger partial charge in [0.2, 0.25) is 0 Å². The molecule has 4 nitrogen and oxygen atoms in total. The number of nitrogens with one attached hydrogen (secondary N) is 2. The molecule has 122 valence electrons. The Morgan fingerprint density at radius 1 is 1.32 bits per heavy atom. The summed E-state index contributed by atoms with van der Waals surface area (Å²) >= 11 is 0. The van der Waals surface area contributed by atoms with E-state index in [1.165, 1.54) is 30.6 Å². The van der Waals surface area contributed by atoms with Crippen LogP contribution in [-0.4, -0.2) is 43.6 Å². The van der Waals surface area contributed by atoms with Gasteiger partial charge in [0.1, 0.15) is 0 Å². The van der Waals surface area contributed by atoms with Gasteiger partial charge >= 0.3 is 0 Å². The summed E-state index contributed by atoms with van der Waals surface area (Å²) in [6.45, 7) is 12.7. The van der Waals surface area contributed by atoms with Crippen LogP contribution in [0.1, 0.15) is 31.4 Å². The van der Waals surface area contributed by atoms with Gasteiger partial charge in [0.05, 0.1) is 6.54 Å². The van der Waals surface area contributed by atoms with Gasteiger partial charge in [-0.2, -0.15) is 0 Å². The first-order chi connectivity index (χ1) is 10.7. The average molecular weight is 302 g/mol. The Morgan fingerprint density at radius 3 is 2.86 bits per heavy atom. The highest BCUT2D eigenvalue weighted by atomic mass is 15.2. The predicted molar refractivity (Wildman–Crippen MR) is 94.2 cm³/mol. The summed E-state index contributed by atoms with van der Waals surface area (Å²) in [6, 6.07) is 8.55. The fourth-order valence-corrected chi connectivity index (χ4v) is 2.93. The van der Waals surface area contributed by atoms with Gasteiger partial charge in [-0.25, -0.2) is 4.99 Å². The molecule has 2 rings (SSSR count). The van der Waals surface area contributed by atoms with E-state index in [9.17, 15) is 0 Å². The molecule has 1 unspecified atom stereocenters. The number of guanidine groups is 1. The molecule has 0 aromatic heterocycles. The molecule has 0 radical (unpaired) electrons. The van der Waals surface area contributed by atoms with Gasteiger partial charge in [-0.1, -0.05) is 36.8 Å². The summed E-state index contributed by atoms with van der Waals surface area (Å²) in [6.07, 6.45) is 1.29. The van der Waals surface area contributed by atoms with Crippen molar-refractivity contribution in [3.8, 4) is 0 Å². The van der Waals surface area contributed by atoms with Crippen LogP contribution in [0.15, 0.2) is 29.3 Å². The minimum atomic E-state index is 0.725. The van der Waals surface area contributed by atoms with E-state index in [0.717, 1.165) is 38.1 Å². The van der Waals surface area contributed by atoms with Crippen molar-refractivity contribution in [2.75, 3.05) is 32.7 Å². The molecule has 0 amide bonds. The van der Waals surface area contributed by atoms with E-state index < -0.39 is 0 Å². The van der Waals surface area contributed by atoms with E-state index >= 15 is 0 Å². The van der Waals surface area contributed by atoms with Gasteiger partial charge in [0.25, 0.3) is 0 Å². The summed E-state index contributed by atoms with van der Waals surface area (Å²) < 4.78 is 0. The van der Waals surface area contributed by atoms with Gasteiger partial charge in [0.15, 0.2) is 5.96 Å². The van der Waals surface area contributed by atoms with Crippen molar-refractivity contribution < 1.29 is 0 Å². The highest BCUT2D eigenvalue weighted by Crippen LogP contribution is 2.14. The minimum Gasteiger partial charge on any atom is -0.357 e. The lowest BCUT2D eigenvalue weighted by molar-refractivity contribution is 0.342. The van der Waals surface area contributed by atoms with Gasteiger partial charge in [0, 0.05) is 19.6 Å². The number of hydrogen-bond donors (Lipinski definition) is 2. The number of likely N-dealkylation sites (tertiary alicyclic amines) is 1. The second-order valence-corrected chi connectivity index (χ2v) is 6.11. The molecule has 1 aromatic carbocycles. The van der Waals surface area contributed by atoms with Crippen LogP contribution in [0.2, 0.25) is 0 Å². The molecular formula is C18H30N4. The Balaban J connectivity index is 1.85. The predicted octanol–water partition coefficient (Wildman–Crippen LogP) is 2.39. The number of nitrogens with zero attached hydrogens (tertiary/aromatic N) is 2. The van der Waals surface area contributed by atoms with Crippen LogP contribution < -0.4 is 10.6 Å². The summed E-state index contributed by atoms with van der Waals surface area (Å²) in [5.41, 5.74) is 2.55. The molecule has 1 fully saturated rings. The zero-order valence-electron chi connectivity index (χ0n) is 14.2. The standard InChI is InChI=1S/C18H30N4/c1-4-19-18(20-12-16-8-6-7-15(3)11-16)21-13-17-9-10-22(5-2)14-17/h6-8,11,17H,4-5,9-10,12-14H2,1-3H3,(H2,19,20,21). The largest absolute Gasteiger partial charge is 0.357 e. The lowest BCUT2D eigenvalue weighted by Gasteiger charge is -2.16. The third-order valence-corrected chi connectivity index (χ3v) is 4.22. The summed E-state index contributed by atoms with van der Waals surface area (Å²) in [5.74, 6) is 1.67. The molecule has 0 bridgehead atoms. The topological polar surface area (TPSA) is 39.7 Å². The lowest BCUT2D eigenvalue weighted by atomic mass is 10.1. The number of rotatable bonds is 6. The molecule has 2 N–H and O–H groups in total. The van der Waals surface area contributed by atoms with E-state index in [0.29, 0.717) is 0 Å². The van der Waals surface area contributed by atoms with Gasteiger partial charge in [-0.3, -0.25) is 0 Å². The maximum atomic E-state index is 4.71. The zero-order valence-corrected chi connectivity index (χ0v) is 14.2. The van der Waals surface area contributed by atoms with Crippen LogP contribution in [0.4, 0.5) is 0 Å². The molecule has 0 saturated carbocycles. The maximum absolute atomic E-state index is 4.71. The second-order valence-electron chi connectivity index (χ2n) is 6.11. The van der Waals surface area contributed by atoms with Crippen molar-refractivity contribution in [3.63, 3.8) is 0 Å². The first-order valence-electron chi connectivity index (χ1n) is 8.51. The van der Waals surface area contributed by atoms with E-state index in [-0.39, 0.29) is 0 Å². The fraction of sp³-hybridized carbons (Fsp3) is 0.611. The van der Waals surface area contributed by atoms with Crippen LogP contribution in [0.25, 0.3) is 0 Å². The molecule has 1 atom stereocenters. The van der Waals surface area contributed by atoms with Crippen LogP contribution in [0.5, 0.6) is 0 Å². The Kier molecular flexibility index (Phi) is 6.72. The van der Waals surface area contributed by atoms with Crippen LogP contribution in [0.3, 0.4) is 0 Å². The molecule has 0 spiro atoms. The summed E-state index contributed by atoms with van der Waals surface area (Å²) in [7, 11) is 0. The fourth-order valence-electron chi connectivity index (χ4n) is 2.93. The van der Waals surface area contributed by atoms with Crippen molar-refractivity contribution in [1.82, 2.24) is 15.5 Å². The number of aliphatic imine (C=N–C) groups is 1. The quantitative estimate of drug-likeness (QED) is 0.626. The lowest BCUT2D eigenvalue weighted by Crippen LogP contribution is -2.40. The monoisotopic (exact) mass is 302 g/mol. The zero-order chi connectivity index (χ0) is 15.8. The Labute approximate surface area is 135 Å². The van der Waals surface area contributed by atoms with Gasteiger partial charge in [-0.15, -0.1) is 0 Å². The van der Waals surface area contributed by atoms with Crippen LogP contribution in [0, 0.1) is 12.8 Å². The maximum Gasteiger partial charge on any atom is 0.191 e. The minimum absolute atomic E-state index is 0.725. The average Bonchev–Trinajstić information content (AvgIpc) is 2.98. The Hall–Kier alpha value is -1.55. The summed E-state index contributed by atoms with van der Waals surface area (Å²) in [4.78, 5) is 7.22. The molecule has 1 saturated heterocycles. The van der Waals surface area contributed by atoms with Crippen molar-refractivity contribution in [3.05, 3.63) is 35.4 Å². The first-order valence-corrected chi connectivity index (χ1v) is 8.51. The van der Waals surface area contributed by atoms with E-state index in [2.05, 4.69) is 60.6 Å². The van der Waals surface area contributed by atoms with E-state index in [1.807, 2.05) is 0 Å². The molecular weight excluding hydrogens is 272 g/mol. The first kappa shape index (κ1) is 16.8. The van der Waals surface area contributed by atoms with Gasteiger partial charge in [-0.05, 0) is 44.8 Å². The van der Waals surface area contributed by atoms with Gasteiger partial charge < -0.3 is 15.5 Å². The number of aryl methyl sites for hydroxylation is 1. The van der Waals surface area contributed by atoms with Crippen molar-refractivity contribution in [2.45, 2.75) is 33.7 Å². The van der Waals surface area contributed by atoms with Crippen molar-refractivity contribution in [2.24, 2.45) is 10.9 Å². The molecule has 22 heavy (non-hydrogen) atoms. The van der Waals surface area contributed by atoms with Crippen LogP contribution in [-0.2, 0) is 6.54 Å². The third-order valence-electron chi connectivity index (χ3n) is 4.22. The van der Waals surface area contributed by atoms with E-state index in [4.69, 9.17) is 4.99 Å². The number of hydrogen-bond acceptors (Lipinski definition) is 2. The van der Waals surface area contributed by atoms with Crippen molar-refractivity contribution >= 4 is 5.96 Å². The Bertz CT molecular complexity index is 484. The highest BCUT2D eigenvalue weighted by molar-refractivity contribution is 5.79. The number of benzene rings is 1. The third kappa shape index (κ3) is 5.34. The normalized spacial score (nSPS) is 19.4. The molecule has 1 aliphatic heterocycles. The SMILES string of the molecule is CCNC(=NCc1cccc(C)c1)NCC1CCN(CC)C1. The smallest absolute Gasteiger partial charge is 0.191 e. The molecule has 0 aliphatic carbocycles. The molecule has 4 heteroatoms. The Morgan fingerprint density at radius 2 is 2.18 bits per heavy atom. The van der Waals surface area contributed by atoms with E-state index in [1.54, 1.807) is 0 Å². The van der Waals surface area contributed by atoms with Crippen LogP contribution >= 0.6 is 0 Å². The molecule has 1 aromatic rings. The highest BCUT2D eigenvalue weighted by Gasteiger charge is 2.20. The summed E-state index contributed by atoms with van der Waals surface area (Å²) in [5, 5.41) is 6.85. The molecule has 1 heterocycles. The van der Waals surface area contributed by atoms with Crippen molar-refractivity contribution in [1.29, 1.82) is 0 Å². The molecule has 1 aliphatic rings.